The van der Waals surface area contributed by atoms with Crippen LogP contribution in [-0.4, -0.2) is 0 Å². The Balaban J connectivity index is 1.36. The summed E-state index contributed by atoms with van der Waals surface area (Å²) in [5, 5.41) is 0. The molecule has 3 aliphatic rings. The zero-order chi connectivity index (χ0) is 15.0. The minimum atomic E-state index is 0.890. The van der Waals surface area contributed by atoms with Crippen LogP contribution in [0.5, 0.6) is 0 Å². The Morgan fingerprint density at radius 3 is 0.909 bits per heavy atom. The smallest absolute Gasteiger partial charge is 0.0233 e. The molecule has 0 spiro atoms. The largest absolute Gasteiger partial charge is 0.0851 e. The van der Waals surface area contributed by atoms with Crippen molar-refractivity contribution >= 4 is 0 Å². The van der Waals surface area contributed by atoms with E-state index in [1.807, 2.05) is 0 Å². The van der Waals surface area contributed by atoms with Crippen molar-refractivity contribution in [2.24, 2.45) is 23.7 Å². The van der Waals surface area contributed by atoms with E-state index in [1.54, 1.807) is 0 Å². The van der Waals surface area contributed by atoms with E-state index in [9.17, 15) is 0 Å². The highest BCUT2D eigenvalue weighted by Crippen LogP contribution is 2.33. The Bertz CT molecular complexity index is 308. The van der Waals surface area contributed by atoms with E-state index < -0.39 is 0 Å². The van der Waals surface area contributed by atoms with Gasteiger partial charge in [0.05, 0.1) is 0 Å². The van der Waals surface area contributed by atoms with Crippen LogP contribution in [-0.2, 0) is 0 Å². The van der Waals surface area contributed by atoms with Crippen molar-refractivity contribution in [2.45, 2.75) is 89.9 Å². The highest BCUT2D eigenvalue weighted by atomic mass is 14.2. The minimum absolute atomic E-state index is 0.890. The first kappa shape index (κ1) is 16.3. The van der Waals surface area contributed by atoms with E-state index in [4.69, 9.17) is 0 Å². The number of hydrogen-bond donors (Lipinski definition) is 0. The molecule has 0 heteroatoms. The van der Waals surface area contributed by atoms with Crippen LogP contribution in [0.2, 0.25) is 0 Å². The second kappa shape index (κ2) is 8.94. The molecule has 124 valence electrons. The zero-order valence-electron chi connectivity index (χ0n) is 14.5. The molecule has 0 N–H and O–H groups in total. The normalized spacial score (nSPS) is 32.9. The van der Waals surface area contributed by atoms with Gasteiger partial charge >= 0.3 is 0 Å². The monoisotopic (exact) mass is 300 g/mol. The standard InChI is InChI=1S/C22H36/c1-3-7-19(8-4-1)11-13-21-15-17-22(18-16-21)14-12-20-9-5-2-6-10-20/h11-14,19-22H,1-10,15-18H2. The van der Waals surface area contributed by atoms with Gasteiger partial charge in [0.15, 0.2) is 0 Å². The second-order valence-corrected chi connectivity index (χ2v) is 8.24. The van der Waals surface area contributed by atoms with Crippen molar-refractivity contribution < 1.29 is 0 Å². The summed E-state index contributed by atoms with van der Waals surface area (Å²) < 4.78 is 0. The number of hydrogen-bond acceptors (Lipinski definition) is 0. The van der Waals surface area contributed by atoms with Crippen LogP contribution >= 0.6 is 0 Å². The van der Waals surface area contributed by atoms with Gasteiger partial charge in [-0.15, -0.1) is 0 Å². The van der Waals surface area contributed by atoms with E-state index in [0.717, 1.165) is 23.7 Å². The fourth-order valence-electron chi connectivity index (χ4n) is 4.81. The Morgan fingerprint density at radius 1 is 0.318 bits per heavy atom. The molecule has 0 aromatic rings. The second-order valence-electron chi connectivity index (χ2n) is 8.24. The molecule has 0 atom stereocenters. The molecule has 22 heavy (non-hydrogen) atoms. The van der Waals surface area contributed by atoms with E-state index in [-0.39, 0.29) is 0 Å². The van der Waals surface area contributed by atoms with Crippen LogP contribution in [0.25, 0.3) is 0 Å². The average molecular weight is 301 g/mol. The summed E-state index contributed by atoms with van der Waals surface area (Å²) in [6.45, 7) is 0. The lowest BCUT2D eigenvalue weighted by Gasteiger charge is -2.26. The molecule has 0 nitrogen and oxygen atoms in total. The Labute approximate surface area is 138 Å². The summed E-state index contributed by atoms with van der Waals surface area (Å²) in [6.07, 6.45) is 30.7. The van der Waals surface area contributed by atoms with Gasteiger partial charge in [-0.05, 0) is 75.0 Å². The zero-order valence-corrected chi connectivity index (χ0v) is 14.5. The van der Waals surface area contributed by atoms with Gasteiger partial charge in [0.25, 0.3) is 0 Å². The Morgan fingerprint density at radius 2 is 0.591 bits per heavy atom. The van der Waals surface area contributed by atoms with Crippen molar-refractivity contribution in [3.63, 3.8) is 0 Å². The van der Waals surface area contributed by atoms with Gasteiger partial charge in [0.2, 0.25) is 0 Å². The molecule has 0 bridgehead atoms. The molecule has 3 rings (SSSR count). The van der Waals surface area contributed by atoms with Crippen molar-refractivity contribution in [2.75, 3.05) is 0 Å². The van der Waals surface area contributed by atoms with Gasteiger partial charge in [0, 0.05) is 0 Å². The molecular weight excluding hydrogens is 264 g/mol. The number of allylic oxidation sites excluding steroid dienone is 4. The molecule has 0 aromatic heterocycles. The highest BCUT2D eigenvalue weighted by molar-refractivity contribution is 4.99. The molecule has 0 saturated heterocycles. The molecule has 3 saturated carbocycles. The first-order chi connectivity index (χ1) is 10.9. The van der Waals surface area contributed by atoms with Crippen LogP contribution in [0, 0.1) is 23.7 Å². The van der Waals surface area contributed by atoms with E-state index in [2.05, 4.69) is 24.3 Å². The lowest BCUT2D eigenvalue weighted by Crippen LogP contribution is -2.12. The predicted octanol–water partition coefficient (Wildman–Crippen LogP) is 7.07. The molecule has 0 aliphatic heterocycles. The summed E-state index contributed by atoms with van der Waals surface area (Å²) in [5.74, 6) is 3.61. The molecule has 3 aliphatic carbocycles. The van der Waals surface area contributed by atoms with Crippen LogP contribution in [0.15, 0.2) is 24.3 Å². The van der Waals surface area contributed by atoms with Gasteiger partial charge in [-0.3, -0.25) is 0 Å². The average Bonchev–Trinajstić information content (AvgIpc) is 2.61. The quantitative estimate of drug-likeness (QED) is 0.487. The topological polar surface area (TPSA) is 0 Å². The van der Waals surface area contributed by atoms with Crippen LogP contribution in [0.1, 0.15) is 89.9 Å². The maximum atomic E-state index is 2.59. The fraction of sp³-hybridized carbons (Fsp3) is 0.818. The molecule has 0 radical (unpaired) electrons. The van der Waals surface area contributed by atoms with Gasteiger partial charge < -0.3 is 0 Å². The maximum Gasteiger partial charge on any atom is -0.0233 e. The van der Waals surface area contributed by atoms with E-state index >= 15 is 0 Å². The van der Waals surface area contributed by atoms with Crippen molar-refractivity contribution in [1.29, 1.82) is 0 Å². The molecule has 0 heterocycles. The third kappa shape index (κ3) is 5.28. The van der Waals surface area contributed by atoms with Gasteiger partial charge in [0.1, 0.15) is 0 Å². The van der Waals surface area contributed by atoms with Crippen molar-refractivity contribution in [3.05, 3.63) is 24.3 Å². The molecule has 3 fully saturated rings. The summed E-state index contributed by atoms with van der Waals surface area (Å²) in [4.78, 5) is 0. The van der Waals surface area contributed by atoms with E-state index in [1.165, 1.54) is 89.9 Å². The number of rotatable bonds is 4. The van der Waals surface area contributed by atoms with Gasteiger partial charge in [-0.25, -0.2) is 0 Å². The molecule has 0 aromatic carbocycles. The summed E-state index contributed by atoms with van der Waals surface area (Å²) in [5.41, 5.74) is 0. The van der Waals surface area contributed by atoms with Crippen molar-refractivity contribution in [1.82, 2.24) is 0 Å². The lowest BCUT2D eigenvalue weighted by atomic mass is 9.79. The van der Waals surface area contributed by atoms with Crippen LogP contribution in [0.3, 0.4) is 0 Å². The lowest BCUT2D eigenvalue weighted by molar-refractivity contribution is 0.349. The summed E-state index contributed by atoms with van der Waals surface area (Å²) >= 11 is 0. The summed E-state index contributed by atoms with van der Waals surface area (Å²) in [6, 6.07) is 0. The van der Waals surface area contributed by atoms with Crippen LogP contribution < -0.4 is 0 Å². The van der Waals surface area contributed by atoms with Gasteiger partial charge in [-0.2, -0.15) is 0 Å². The predicted molar refractivity (Wildman–Crippen MR) is 96.9 cm³/mol. The van der Waals surface area contributed by atoms with Crippen LogP contribution in [0.4, 0.5) is 0 Å². The summed E-state index contributed by atoms with van der Waals surface area (Å²) in [7, 11) is 0. The molecular formula is C22H36. The Hall–Kier alpha value is -0.520. The SMILES string of the molecule is C(=CC1CCC(C=CC2CCCCC2)CC1)C1CCCCC1. The fourth-order valence-corrected chi connectivity index (χ4v) is 4.81. The van der Waals surface area contributed by atoms with Crippen molar-refractivity contribution in [3.8, 4) is 0 Å². The van der Waals surface area contributed by atoms with E-state index in [0.29, 0.717) is 0 Å². The minimum Gasteiger partial charge on any atom is -0.0851 e. The third-order valence-corrected chi connectivity index (χ3v) is 6.43. The first-order valence-corrected chi connectivity index (χ1v) is 10.3. The maximum absolute atomic E-state index is 2.59. The molecule has 0 amide bonds. The molecule has 0 unspecified atom stereocenters. The first-order valence-electron chi connectivity index (χ1n) is 10.3. The highest BCUT2D eigenvalue weighted by Gasteiger charge is 2.19. The van der Waals surface area contributed by atoms with Gasteiger partial charge in [-0.1, -0.05) is 62.8 Å². The third-order valence-electron chi connectivity index (χ3n) is 6.43. The Kier molecular flexibility index (Phi) is 6.64.